The van der Waals surface area contributed by atoms with Gasteiger partial charge in [0.15, 0.2) is 0 Å². The molecule has 1 N–H and O–H groups in total. The number of rotatable bonds is 6. The van der Waals surface area contributed by atoms with Crippen LogP contribution < -0.4 is 5.32 Å². The average molecular weight is 283 g/mol. The summed E-state index contributed by atoms with van der Waals surface area (Å²) >= 11 is 0. The highest BCUT2D eigenvalue weighted by Gasteiger charge is 2.45. The maximum absolute atomic E-state index is 12.0. The van der Waals surface area contributed by atoms with Gasteiger partial charge in [-0.3, -0.25) is 9.59 Å². The molecule has 0 aromatic heterocycles. The van der Waals surface area contributed by atoms with Crippen LogP contribution in [0.25, 0.3) is 0 Å². The van der Waals surface area contributed by atoms with E-state index >= 15 is 0 Å². The zero-order valence-electron chi connectivity index (χ0n) is 12.6. The fourth-order valence-electron chi connectivity index (χ4n) is 2.44. The van der Waals surface area contributed by atoms with Crippen LogP contribution in [-0.4, -0.2) is 37.2 Å². The molecule has 2 fully saturated rings. The Kier molecular flexibility index (Phi) is 4.68. The molecule has 20 heavy (non-hydrogen) atoms. The van der Waals surface area contributed by atoms with Gasteiger partial charge in [0.2, 0.25) is 5.91 Å². The Labute approximate surface area is 120 Å². The Bertz CT molecular complexity index is 380. The predicted molar refractivity (Wildman–Crippen MR) is 74.0 cm³/mol. The molecule has 0 bridgehead atoms. The van der Waals surface area contributed by atoms with E-state index in [1.165, 1.54) is 0 Å². The largest absolute Gasteiger partial charge is 0.463 e. The predicted octanol–water partition coefficient (Wildman–Crippen LogP) is 1.65. The molecule has 2 rings (SSSR count). The summed E-state index contributed by atoms with van der Waals surface area (Å²) in [5.74, 6) is -0.0903. The summed E-state index contributed by atoms with van der Waals surface area (Å²) in [6, 6.07) is 0. The first-order valence-electron chi connectivity index (χ1n) is 7.54. The summed E-state index contributed by atoms with van der Waals surface area (Å²) in [5.41, 5.74) is -0.453. The molecule has 2 aliphatic rings. The van der Waals surface area contributed by atoms with Gasteiger partial charge in [0.05, 0.1) is 24.2 Å². The van der Waals surface area contributed by atoms with Gasteiger partial charge >= 0.3 is 5.97 Å². The zero-order valence-corrected chi connectivity index (χ0v) is 12.6. The van der Waals surface area contributed by atoms with Crippen LogP contribution in [0.3, 0.4) is 0 Å². The first-order valence-corrected chi connectivity index (χ1v) is 7.54. The molecule has 1 aliphatic carbocycles. The molecular weight excluding hydrogens is 258 g/mol. The van der Waals surface area contributed by atoms with Crippen molar-refractivity contribution >= 4 is 11.9 Å². The highest BCUT2D eigenvalue weighted by Crippen LogP contribution is 2.39. The Morgan fingerprint density at radius 3 is 2.70 bits per heavy atom. The van der Waals surface area contributed by atoms with Gasteiger partial charge in [-0.05, 0) is 39.5 Å². The van der Waals surface area contributed by atoms with E-state index in [1.807, 2.05) is 20.8 Å². The lowest BCUT2D eigenvalue weighted by molar-refractivity contribution is -0.154. The van der Waals surface area contributed by atoms with Gasteiger partial charge < -0.3 is 14.8 Å². The van der Waals surface area contributed by atoms with E-state index in [4.69, 9.17) is 9.47 Å². The molecular formula is C15H25NO4. The molecule has 1 heterocycles. The third kappa shape index (κ3) is 3.72. The van der Waals surface area contributed by atoms with Gasteiger partial charge in [0.25, 0.3) is 0 Å². The fourth-order valence-corrected chi connectivity index (χ4v) is 2.44. The minimum absolute atomic E-state index is 0.0570. The monoisotopic (exact) mass is 283 g/mol. The van der Waals surface area contributed by atoms with Crippen molar-refractivity contribution in [2.24, 2.45) is 11.3 Å². The Morgan fingerprint density at radius 2 is 2.05 bits per heavy atom. The van der Waals surface area contributed by atoms with Crippen molar-refractivity contribution in [2.75, 3.05) is 13.2 Å². The molecule has 5 nitrogen and oxygen atoms in total. The molecule has 0 aromatic rings. The van der Waals surface area contributed by atoms with Gasteiger partial charge in [-0.25, -0.2) is 0 Å². The maximum atomic E-state index is 12.0. The third-order valence-electron chi connectivity index (χ3n) is 4.45. The molecule has 1 saturated heterocycles. The smallest absolute Gasteiger partial charge is 0.311 e. The lowest BCUT2D eigenvalue weighted by atomic mass is 9.89. The molecule has 3 atom stereocenters. The summed E-state index contributed by atoms with van der Waals surface area (Å²) in [6.07, 6.45) is 4.18. The standard InChI is InChI=1S/C15H25NO4/c1-4-15(2,3)14(18)19-8-7-16-13(17)10-5-6-11-12(9-10)20-11/h10-12H,4-9H2,1-3H3,(H,16,17). The molecule has 5 heteroatoms. The number of hydrogen-bond acceptors (Lipinski definition) is 4. The van der Waals surface area contributed by atoms with Gasteiger partial charge in [-0.15, -0.1) is 0 Å². The van der Waals surface area contributed by atoms with Crippen molar-refractivity contribution in [3.63, 3.8) is 0 Å². The van der Waals surface area contributed by atoms with Crippen molar-refractivity contribution in [2.45, 2.75) is 58.7 Å². The van der Waals surface area contributed by atoms with Crippen LogP contribution in [0.1, 0.15) is 46.5 Å². The molecule has 114 valence electrons. The number of hydrogen-bond donors (Lipinski definition) is 1. The van der Waals surface area contributed by atoms with Crippen LogP contribution in [-0.2, 0) is 19.1 Å². The number of carbonyl (C=O) groups is 2. The molecule has 1 saturated carbocycles. The quantitative estimate of drug-likeness (QED) is 0.457. The van der Waals surface area contributed by atoms with Gasteiger partial charge in [0, 0.05) is 5.92 Å². The van der Waals surface area contributed by atoms with Crippen LogP contribution in [0.15, 0.2) is 0 Å². The van der Waals surface area contributed by atoms with E-state index in [9.17, 15) is 9.59 Å². The molecule has 1 amide bonds. The summed E-state index contributed by atoms with van der Waals surface area (Å²) in [7, 11) is 0. The minimum Gasteiger partial charge on any atom is -0.463 e. The summed E-state index contributed by atoms with van der Waals surface area (Å²) in [4.78, 5) is 23.7. The van der Waals surface area contributed by atoms with Gasteiger partial charge in [-0.1, -0.05) is 6.92 Å². The number of esters is 1. The Hall–Kier alpha value is -1.10. The Balaban J connectivity index is 1.61. The van der Waals surface area contributed by atoms with Crippen molar-refractivity contribution < 1.29 is 19.1 Å². The molecule has 3 unspecified atom stereocenters. The normalized spacial score (nSPS) is 28.4. The third-order valence-corrected chi connectivity index (χ3v) is 4.45. The second-order valence-electron chi connectivity index (χ2n) is 6.39. The maximum Gasteiger partial charge on any atom is 0.311 e. The first kappa shape index (κ1) is 15.3. The van der Waals surface area contributed by atoms with Crippen molar-refractivity contribution in [3.8, 4) is 0 Å². The van der Waals surface area contributed by atoms with Gasteiger partial charge in [0.1, 0.15) is 6.61 Å². The molecule has 0 radical (unpaired) electrons. The average Bonchev–Trinajstić information content (AvgIpc) is 3.21. The second-order valence-corrected chi connectivity index (χ2v) is 6.39. The number of nitrogens with one attached hydrogen (secondary N) is 1. The van der Waals surface area contributed by atoms with Gasteiger partial charge in [-0.2, -0.15) is 0 Å². The van der Waals surface area contributed by atoms with E-state index in [2.05, 4.69) is 5.32 Å². The van der Waals surface area contributed by atoms with Crippen molar-refractivity contribution in [1.82, 2.24) is 5.32 Å². The molecule has 0 aromatic carbocycles. The van der Waals surface area contributed by atoms with Crippen LogP contribution in [0, 0.1) is 11.3 Å². The summed E-state index contributed by atoms with van der Waals surface area (Å²) < 4.78 is 10.6. The van der Waals surface area contributed by atoms with E-state index in [0.717, 1.165) is 25.7 Å². The number of ether oxygens (including phenoxy) is 2. The molecule has 0 spiro atoms. The zero-order chi connectivity index (χ0) is 14.8. The number of carbonyl (C=O) groups excluding carboxylic acids is 2. The topological polar surface area (TPSA) is 67.9 Å². The van der Waals surface area contributed by atoms with E-state index in [0.29, 0.717) is 18.8 Å². The van der Waals surface area contributed by atoms with Crippen LogP contribution in [0.5, 0.6) is 0 Å². The molecule has 1 aliphatic heterocycles. The highest BCUT2D eigenvalue weighted by molar-refractivity contribution is 5.79. The minimum atomic E-state index is -0.453. The first-order chi connectivity index (χ1) is 9.44. The fraction of sp³-hybridized carbons (Fsp3) is 0.867. The second kappa shape index (κ2) is 6.12. The summed E-state index contributed by atoms with van der Waals surface area (Å²) in [6.45, 7) is 6.31. The van der Waals surface area contributed by atoms with Crippen LogP contribution in [0.2, 0.25) is 0 Å². The number of epoxide rings is 1. The van der Waals surface area contributed by atoms with E-state index in [-0.39, 0.29) is 24.4 Å². The van der Waals surface area contributed by atoms with Crippen molar-refractivity contribution in [1.29, 1.82) is 0 Å². The highest BCUT2D eigenvalue weighted by atomic mass is 16.6. The number of amides is 1. The van der Waals surface area contributed by atoms with E-state index in [1.54, 1.807) is 0 Å². The van der Waals surface area contributed by atoms with E-state index < -0.39 is 5.41 Å². The lowest BCUT2D eigenvalue weighted by Gasteiger charge is -2.21. The van der Waals surface area contributed by atoms with Crippen LogP contribution >= 0.6 is 0 Å². The number of fused-ring (bicyclic) bond motifs is 1. The summed E-state index contributed by atoms with van der Waals surface area (Å²) in [5, 5.41) is 2.84. The Morgan fingerprint density at radius 1 is 1.30 bits per heavy atom. The lowest BCUT2D eigenvalue weighted by Crippen LogP contribution is -2.36. The van der Waals surface area contributed by atoms with Crippen molar-refractivity contribution in [3.05, 3.63) is 0 Å². The van der Waals surface area contributed by atoms with Crippen LogP contribution in [0.4, 0.5) is 0 Å². The SMILES string of the molecule is CCC(C)(C)C(=O)OCCNC(=O)C1CCC2OC2C1.